The molecule has 5 aromatic rings. The van der Waals surface area contributed by atoms with E-state index in [0.717, 1.165) is 44.4 Å². The van der Waals surface area contributed by atoms with E-state index in [1.54, 1.807) is 19.5 Å². The van der Waals surface area contributed by atoms with Gasteiger partial charge in [-0.3, -0.25) is 4.98 Å². The number of hydrogen-bond acceptors (Lipinski definition) is 3. The molecule has 0 atom stereocenters. The van der Waals surface area contributed by atoms with E-state index < -0.39 is 0 Å². The smallest absolute Gasteiger partial charge is 0.143 e. The van der Waals surface area contributed by atoms with Crippen molar-refractivity contribution in [2.45, 2.75) is 0 Å². The monoisotopic (exact) mass is 375 g/mol. The molecule has 2 aromatic heterocycles. The zero-order valence-corrected chi connectivity index (χ0v) is 15.8. The van der Waals surface area contributed by atoms with Crippen LogP contribution in [0.4, 0.5) is 0 Å². The highest BCUT2D eigenvalue weighted by atomic mass is 16.5. The molecule has 0 saturated heterocycles. The second-order valence-corrected chi connectivity index (χ2v) is 6.79. The van der Waals surface area contributed by atoms with E-state index in [-0.39, 0.29) is 0 Å². The standard InChI is InChI=1S/C25H17N3O/c1-29-24-8-4-6-21-20-5-2-3-7-23(20)28(25(21)24)19-10-9-18(16-26)22(15-19)17-11-13-27-14-12-17/h2-15H,1H3. The highest BCUT2D eigenvalue weighted by molar-refractivity contribution is 6.11. The fourth-order valence-corrected chi connectivity index (χ4v) is 3.96. The maximum absolute atomic E-state index is 9.63. The van der Waals surface area contributed by atoms with Gasteiger partial charge in [-0.1, -0.05) is 30.3 Å². The number of benzene rings is 3. The summed E-state index contributed by atoms with van der Waals surface area (Å²) < 4.78 is 7.90. The fraction of sp³-hybridized carbons (Fsp3) is 0.0400. The predicted octanol–water partition coefficient (Wildman–Crippen LogP) is 5.73. The van der Waals surface area contributed by atoms with Crippen LogP contribution in [0, 0.1) is 11.3 Å². The Kier molecular flexibility index (Phi) is 4.00. The lowest BCUT2D eigenvalue weighted by Gasteiger charge is -2.13. The fourth-order valence-electron chi connectivity index (χ4n) is 3.96. The van der Waals surface area contributed by atoms with E-state index in [4.69, 9.17) is 4.74 Å². The van der Waals surface area contributed by atoms with Gasteiger partial charge in [-0.15, -0.1) is 0 Å². The van der Waals surface area contributed by atoms with Gasteiger partial charge in [0.1, 0.15) is 5.75 Å². The van der Waals surface area contributed by atoms with Crippen LogP contribution in [-0.2, 0) is 0 Å². The van der Waals surface area contributed by atoms with Crippen LogP contribution in [0.2, 0.25) is 0 Å². The lowest BCUT2D eigenvalue weighted by atomic mass is 10.0. The Hall–Kier alpha value is -4.10. The van der Waals surface area contributed by atoms with E-state index in [1.807, 2.05) is 48.5 Å². The molecule has 4 heteroatoms. The maximum Gasteiger partial charge on any atom is 0.143 e. The van der Waals surface area contributed by atoms with Crippen LogP contribution in [-0.4, -0.2) is 16.7 Å². The highest BCUT2D eigenvalue weighted by Crippen LogP contribution is 2.38. The Morgan fingerprint density at radius 2 is 1.69 bits per heavy atom. The highest BCUT2D eigenvalue weighted by Gasteiger charge is 2.17. The van der Waals surface area contributed by atoms with Crippen molar-refractivity contribution in [3.63, 3.8) is 0 Å². The molecule has 0 fully saturated rings. The van der Waals surface area contributed by atoms with Gasteiger partial charge in [0.25, 0.3) is 0 Å². The minimum absolute atomic E-state index is 0.632. The molecule has 29 heavy (non-hydrogen) atoms. The first kappa shape index (κ1) is 17.0. The number of aromatic nitrogens is 2. The number of fused-ring (bicyclic) bond motifs is 3. The summed E-state index contributed by atoms with van der Waals surface area (Å²) in [6.07, 6.45) is 3.49. The van der Waals surface area contributed by atoms with Crippen LogP contribution in [0.1, 0.15) is 5.56 Å². The Morgan fingerprint density at radius 1 is 0.897 bits per heavy atom. The summed E-state index contributed by atoms with van der Waals surface area (Å²) in [5.41, 5.74) is 5.57. The second kappa shape index (κ2) is 6.81. The summed E-state index contributed by atoms with van der Waals surface area (Å²) in [7, 11) is 1.69. The number of ether oxygens (including phenoxy) is 1. The van der Waals surface area contributed by atoms with Gasteiger partial charge < -0.3 is 9.30 Å². The molecule has 5 rings (SSSR count). The predicted molar refractivity (Wildman–Crippen MR) is 115 cm³/mol. The average molecular weight is 375 g/mol. The van der Waals surface area contributed by atoms with Gasteiger partial charge in [0.15, 0.2) is 0 Å². The van der Waals surface area contributed by atoms with Crippen molar-refractivity contribution in [1.82, 2.24) is 9.55 Å². The zero-order chi connectivity index (χ0) is 19.8. The van der Waals surface area contributed by atoms with E-state index in [0.29, 0.717) is 5.56 Å². The molecule has 2 heterocycles. The maximum atomic E-state index is 9.63. The molecule has 0 aliphatic heterocycles. The van der Waals surface area contributed by atoms with E-state index in [9.17, 15) is 5.26 Å². The number of nitrogens with zero attached hydrogens (tertiary/aromatic N) is 3. The molecule has 4 nitrogen and oxygen atoms in total. The lowest BCUT2D eigenvalue weighted by Crippen LogP contribution is -1.97. The normalized spacial score (nSPS) is 10.9. The van der Waals surface area contributed by atoms with Gasteiger partial charge in [0.05, 0.1) is 29.8 Å². The number of nitriles is 1. The second-order valence-electron chi connectivity index (χ2n) is 6.79. The van der Waals surface area contributed by atoms with Crippen LogP contribution in [0.5, 0.6) is 5.75 Å². The van der Waals surface area contributed by atoms with Crippen LogP contribution < -0.4 is 4.74 Å². The van der Waals surface area contributed by atoms with E-state index in [1.165, 1.54) is 0 Å². The van der Waals surface area contributed by atoms with Crippen LogP contribution in [0.3, 0.4) is 0 Å². The van der Waals surface area contributed by atoms with Gasteiger partial charge in [-0.05, 0) is 48.0 Å². The van der Waals surface area contributed by atoms with Crippen molar-refractivity contribution >= 4 is 21.8 Å². The molecule has 0 unspecified atom stereocenters. The number of para-hydroxylation sites is 2. The van der Waals surface area contributed by atoms with Crippen molar-refractivity contribution in [1.29, 1.82) is 5.26 Å². The Labute approximate surface area is 168 Å². The number of pyridine rings is 1. The quantitative estimate of drug-likeness (QED) is 0.405. The lowest BCUT2D eigenvalue weighted by molar-refractivity contribution is 0.418. The topological polar surface area (TPSA) is 50.8 Å². The van der Waals surface area contributed by atoms with Crippen LogP contribution >= 0.6 is 0 Å². The third kappa shape index (κ3) is 2.64. The third-order valence-corrected chi connectivity index (χ3v) is 5.25. The minimum atomic E-state index is 0.632. The molecule has 0 amide bonds. The molecule has 0 aliphatic rings. The average Bonchev–Trinajstić information content (AvgIpc) is 3.14. The molecule has 0 radical (unpaired) electrons. The molecule has 0 N–H and O–H groups in total. The van der Waals surface area contributed by atoms with Gasteiger partial charge in [0.2, 0.25) is 0 Å². The molecule has 138 valence electrons. The number of methoxy groups -OCH3 is 1. The molecule has 0 bridgehead atoms. The zero-order valence-electron chi connectivity index (χ0n) is 15.8. The van der Waals surface area contributed by atoms with E-state index >= 15 is 0 Å². The van der Waals surface area contributed by atoms with Crippen molar-refractivity contribution in [2.75, 3.05) is 7.11 Å². The number of hydrogen-bond donors (Lipinski definition) is 0. The first-order chi connectivity index (χ1) is 14.3. The Morgan fingerprint density at radius 3 is 2.48 bits per heavy atom. The van der Waals surface area contributed by atoms with Crippen molar-refractivity contribution < 1.29 is 4.74 Å². The molecule has 0 aliphatic carbocycles. The van der Waals surface area contributed by atoms with Gasteiger partial charge in [-0.25, -0.2) is 0 Å². The summed E-state index contributed by atoms with van der Waals surface area (Å²) in [6.45, 7) is 0. The van der Waals surface area contributed by atoms with Crippen LogP contribution in [0.25, 0.3) is 38.6 Å². The van der Waals surface area contributed by atoms with Gasteiger partial charge in [0, 0.05) is 34.4 Å². The molecular weight excluding hydrogens is 358 g/mol. The van der Waals surface area contributed by atoms with E-state index in [2.05, 4.69) is 39.9 Å². The summed E-state index contributed by atoms with van der Waals surface area (Å²) in [5.74, 6) is 0.813. The Balaban J connectivity index is 1.88. The largest absolute Gasteiger partial charge is 0.495 e. The summed E-state index contributed by atoms with van der Waals surface area (Å²) in [5, 5.41) is 11.9. The summed E-state index contributed by atoms with van der Waals surface area (Å²) in [6, 6.07) is 26.5. The minimum Gasteiger partial charge on any atom is -0.495 e. The van der Waals surface area contributed by atoms with Crippen LogP contribution in [0.15, 0.2) is 85.2 Å². The third-order valence-electron chi connectivity index (χ3n) is 5.25. The van der Waals surface area contributed by atoms with Gasteiger partial charge in [-0.2, -0.15) is 5.26 Å². The molecule has 3 aromatic carbocycles. The molecular formula is C25H17N3O. The molecule has 0 spiro atoms. The number of rotatable bonds is 3. The molecule has 0 saturated carbocycles. The van der Waals surface area contributed by atoms with Crippen molar-refractivity contribution in [3.8, 4) is 28.6 Å². The SMILES string of the molecule is COc1cccc2c3ccccc3n(-c3ccc(C#N)c(-c4ccncc4)c3)c12. The van der Waals surface area contributed by atoms with Gasteiger partial charge >= 0.3 is 0 Å². The first-order valence-corrected chi connectivity index (χ1v) is 9.33. The summed E-state index contributed by atoms with van der Waals surface area (Å²) >= 11 is 0. The first-order valence-electron chi connectivity index (χ1n) is 9.33. The Bertz CT molecular complexity index is 1390. The van der Waals surface area contributed by atoms with Crippen molar-refractivity contribution in [2.24, 2.45) is 0 Å². The summed E-state index contributed by atoms with van der Waals surface area (Å²) in [4.78, 5) is 4.10. The van der Waals surface area contributed by atoms with Crippen molar-refractivity contribution in [3.05, 3.63) is 90.8 Å².